The number of amides is 1. The molecule has 2 aromatic carbocycles. The fourth-order valence-electron chi connectivity index (χ4n) is 3.16. The third kappa shape index (κ3) is 6.14. The van der Waals surface area contributed by atoms with Gasteiger partial charge in [-0.3, -0.25) is 4.79 Å². The van der Waals surface area contributed by atoms with Gasteiger partial charge in [0, 0.05) is 25.7 Å². The highest BCUT2D eigenvalue weighted by Gasteiger charge is 2.27. The van der Waals surface area contributed by atoms with Crippen molar-refractivity contribution < 1.29 is 27.1 Å². The number of ether oxygens (including phenoxy) is 1. The molecule has 0 N–H and O–H groups in total. The number of rotatable bonds is 10. The van der Waals surface area contributed by atoms with Crippen LogP contribution in [0.4, 0.5) is 4.39 Å². The summed E-state index contributed by atoms with van der Waals surface area (Å²) in [6.45, 7) is 7.15. The molecule has 0 fully saturated rings. The smallest absolute Gasteiger partial charge is 0.338 e. The van der Waals surface area contributed by atoms with E-state index in [-0.39, 0.29) is 24.7 Å². The summed E-state index contributed by atoms with van der Waals surface area (Å²) >= 11 is 0. The van der Waals surface area contributed by atoms with Crippen molar-refractivity contribution in [3.63, 3.8) is 0 Å². The van der Waals surface area contributed by atoms with Crippen molar-refractivity contribution in [3.8, 4) is 0 Å². The van der Waals surface area contributed by atoms with Crippen LogP contribution in [-0.4, -0.2) is 55.2 Å². The van der Waals surface area contributed by atoms with Gasteiger partial charge in [-0.05, 0) is 37.6 Å². The molecule has 0 spiro atoms. The van der Waals surface area contributed by atoms with E-state index in [1.54, 1.807) is 18.7 Å². The quantitative estimate of drug-likeness (QED) is 0.503. The van der Waals surface area contributed by atoms with E-state index in [0.29, 0.717) is 6.54 Å². The number of halogens is 1. The fourth-order valence-corrected chi connectivity index (χ4v) is 4.71. The Kier molecular flexibility index (Phi) is 8.91. The Bertz CT molecular complexity index is 1040. The van der Waals surface area contributed by atoms with E-state index in [2.05, 4.69) is 0 Å². The van der Waals surface area contributed by atoms with Crippen LogP contribution in [0.25, 0.3) is 0 Å². The van der Waals surface area contributed by atoms with Gasteiger partial charge in [-0.25, -0.2) is 17.6 Å². The molecule has 32 heavy (non-hydrogen) atoms. The van der Waals surface area contributed by atoms with Crippen molar-refractivity contribution in [2.75, 3.05) is 19.7 Å². The molecule has 2 aromatic rings. The van der Waals surface area contributed by atoms with Gasteiger partial charge in [0.25, 0.3) is 5.91 Å². The summed E-state index contributed by atoms with van der Waals surface area (Å²) < 4.78 is 45.8. The van der Waals surface area contributed by atoms with E-state index in [1.807, 2.05) is 44.2 Å². The minimum atomic E-state index is -4.10. The maximum atomic E-state index is 14.3. The predicted octanol–water partition coefficient (Wildman–Crippen LogP) is 3.45. The van der Waals surface area contributed by atoms with E-state index in [1.165, 1.54) is 0 Å². The summed E-state index contributed by atoms with van der Waals surface area (Å²) in [6, 6.07) is 12.3. The number of hydrogen-bond acceptors (Lipinski definition) is 5. The summed E-state index contributed by atoms with van der Waals surface area (Å²) in [4.78, 5) is 26.1. The lowest BCUT2D eigenvalue weighted by Crippen LogP contribution is -2.39. The highest BCUT2D eigenvalue weighted by molar-refractivity contribution is 7.89. The maximum absolute atomic E-state index is 14.3. The summed E-state index contributed by atoms with van der Waals surface area (Å²) in [5.74, 6) is -2.26. The lowest BCUT2D eigenvalue weighted by molar-refractivity contribution is -0.136. The van der Waals surface area contributed by atoms with Crippen molar-refractivity contribution in [2.24, 2.45) is 0 Å². The van der Waals surface area contributed by atoms with Crippen molar-refractivity contribution in [1.82, 2.24) is 9.21 Å². The molecule has 0 bridgehead atoms. The molecule has 7 nitrogen and oxygen atoms in total. The van der Waals surface area contributed by atoms with E-state index >= 15 is 0 Å². The Balaban J connectivity index is 2.14. The van der Waals surface area contributed by atoms with E-state index in [9.17, 15) is 22.4 Å². The summed E-state index contributed by atoms with van der Waals surface area (Å²) in [7, 11) is -4.10. The van der Waals surface area contributed by atoms with Crippen LogP contribution in [0.1, 0.15) is 43.6 Å². The predicted molar refractivity (Wildman–Crippen MR) is 119 cm³/mol. The molecule has 0 saturated carbocycles. The molecule has 0 radical (unpaired) electrons. The van der Waals surface area contributed by atoms with Crippen LogP contribution < -0.4 is 0 Å². The molecule has 9 heteroatoms. The standard InChI is InChI=1S/C23H29FN2O5S/c1-5-25(6-2)32(29,30)21-14-19(12-13-20(21)24)23(28)31-16-22(27)26(17(3)4)15-18-10-8-7-9-11-18/h7-14,17H,5-6,15-16H2,1-4H3. The van der Waals surface area contributed by atoms with Crippen LogP contribution in [0, 0.1) is 5.82 Å². The Labute approximate surface area is 188 Å². The SMILES string of the molecule is CCN(CC)S(=O)(=O)c1cc(C(=O)OCC(=O)N(Cc2ccccc2)C(C)C)ccc1F. The number of sulfonamides is 1. The van der Waals surface area contributed by atoms with Crippen LogP contribution in [-0.2, 0) is 26.1 Å². The molecule has 0 atom stereocenters. The molecule has 0 aliphatic rings. The minimum absolute atomic E-state index is 0.127. The number of esters is 1. The Morgan fingerprint density at radius 1 is 1.03 bits per heavy atom. The lowest BCUT2D eigenvalue weighted by atomic mass is 10.2. The van der Waals surface area contributed by atoms with Crippen molar-refractivity contribution in [2.45, 2.75) is 45.2 Å². The molecule has 0 unspecified atom stereocenters. The van der Waals surface area contributed by atoms with Gasteiger partial charge >= 0.3 is 5.97 Å². The first kappa shape index (κ1) is 25.5. The van der Waals surface area contributed by atoms with E-state index in [0.717, 1.165) is 28.1 Å². The monoisotopic (exact) mass is 464 g/mol. The average Bonchev–Trinajstić information content (AvgIpc) is 2.76. The average molecular weight is 465 g/mol. The molecule has 2 rings (SSSR count). The van der Waals surface area contributed by atoms with Crippen LogP contribution in [0.3, 0.4) is 0 Å². The van der Waals surface area contributed by atoms with Gasteiger partial charge < -0.3 is 9.64 Å². The number of carbonyl (C=O) groups is 2. The second-order valence-corrected chi connectivity index (χ2v) is 9.32. The third-order valence-electron chi connectivity index (χ3n) is 4.96. The number of benzene rings is 2. The van der Waals surface area contributed by atoms with Gasteiger partial charge in [0.2, 0.25) is 10.0 Å². The van der Waals surface area contributed by atoms with Crippen molar-refractivity contribution in [1.29, 1.82) is 0 Å². The zero-order valence-corrected chi connectivity index (χ0v) is 19.6. The van der Waals surface area contributed by atoms with Gasteiger partial charge in [0.05, 0.1) is 5.56 Å². The first-order valence-electron chi connectivity index (χ1n) is 10.4. The number of nitrogens with zero attached hydrogens (tertiary/aromatic N) is 2. The molecule has 0 aliphatic carbocycles. The molecule has 0 saturated heterocycles. The van der Waals surface area contributed by atoms with Gasteiger partial charge in [-0.1, -0.05) is 44.2 Å². The lowest BCUT2D eigenvalue weighted by Gasteiger charge is -2.26. The first-order valence-corrected chi connectivity index (χ1v) is 11.9. The molecule has 0 aliphatic heterocycles. The first-order chi connectivity index (χ1) is 15.1. The summed E-state index contributed by atoms with van der Waals surface area (Å²) in [5.41, 5.74) is 0.787. The van der Waals surface area contributed by atoms with E-state index < -0.39 is 39.2 Å². The molecule has 0 heterocycles. The van der Waals surface area contributed by atoms with Crippen molar-refractivity contribution >= 4 is 21.9 Å². The van der Waals surface area contributed by atoms with Gasteiger partial charge in [-0.2, -0.15) is 4.31 Å². The molecule has 174 valence electrons. The zero-order valence-electron chi connectivity index (χ0n) is 18.7. The topological polar surface area (TPSA) is 84.0 Å². The minimum Gasteiger partial charge on any atom is -0.452 e. The van der Waals surface area contributed by atoms with Crippen LogP contribution in [0.2, 0.25) is 0 Å². The summed E-state index contributed by atoms with van der Waals surface area (Å²) in [6.07, 6.45) is 0. The number of carbonyl (C=O) groups excluding carboxylic acids is 2. The van der Waals surface area contributed by atoms with Gasteiger partial charge in [-0.15, -0.1) is 0 Å². The third-order valence-corrected chi connectivity index (χ3v) is 7.02. The number of hydrogen-bond donors (Lipinski definition) is 0. The van der Waals surface area contributed by atoms with Crippen molar-refractivity contribution in [3.05, 3.63) is 65.5 Å². The normalized spacial score (nSPS) is 11.6. The highest BCUT2D eigenvalue weighted by Crippen LogP contribution is 2.21. The highest BCUT2D eigenvalue weighted by atomic mass is 32.2. The second kappa shape index (κ2) is 11.2. The molecular weight excluding hydrogens is 435 g/mol. The van der Waals surface area contributed by atoms with Crippen LogP contribution in [0.5, 0.6) is 0 Å². The van der Waals surface area contributed by atoms with Crippen LogP contribution in [0.15, 0.2) is 53.4 Å². The Morgan fingerprint density at radius 3 is 2.22 bits per heavy atom. The molecule has 0 aromatic heterocycles. The Morgan fingerprint density at radius 2 is 1.66 bits per heavy atom. The maximum Gasteiger partial charge on any atom is 0.338 e. The molecule has 1 amide bonds. The van der Waals surface area contributed by atoms with Crippen LogP contribution >= 0.6 is 0 Å². The largest absolute Gasteiger partial charge is 0.452 e. The zero-order chi connectivity index (χ0) is 23.9. The second-order valence-electron chi connectivity index (χ2n) is 7.41. The van der Waals surface area contributed by atoms with E-state index in [4.69, 9.17) is 4.74 Å². The summed E-state index contributed by atoms with van der Waals surface area (Å²) in [5, 5.41) is 0. The van der Waals surface area contributed by atoms with Gasteiger partial charge in [0.15, 0.2) is 6.61 Å². The van der Waals surface area contributed by atoms with Gasteiger partial charge in [0.1, 0.15) is 10.7 Å². The molecular formula is C23H29FN2O5S. The fraction of sp³-hybridized carbons (Fsp3) is 0.391. The Hall–Kier alpha value is -2.78.